The number of likely N-dealkylation sites (tertiary alicyclic amines) is 1. The largest absolute Gasteiger partial charge is 0.340 e. The molecule has 2 N–H and O–H groups in total. The van der Waals surface area contributed by atoms with E-state index in [1.807, 2.05) is 17.0 Å². The summed E-state index contributed by atoms with van der Waals surface area (Å²) >= 11 is 5.92. The maximum absolute atomic E-state index is 12.3. The maximum Gasteiger partial charge on any atom is 0.242 e. The van der Waals surface area contributed by atoms with Gasteiger partial charge in [0.05, 0.1) is 5.54 Å². The summed E-state index contributed by atoms with van der Waals surface area (Å²) in [5.41, 5.74) is 6.74. The van der Waals surface area contributed by atoms with E-state index < -0.39 is 5.54 Å². The lowest BCUT2D eigenvalue weighted by atomic mass is 9.90. The third-order valence-corrected chi connectivity index (χ3v) is 4.52. The van der Waals surface area contributed by atoms with Crippen LogP contribution in [0.2, 0.25) is 5.02 Å². The van der Waals surface area contributed by atoms with Gasteiger partial charge in [0.1, 0.15) is 0 Å². The van der Waals surface area contributed by atoms with E-state index in [2.05, 4.69) is 12.1 Å². The van der Waals surface area contributed by atoms with Crippen molar-refractivity contribution >= 4 is 17.5 Å². The predicted octanol–water partition coefficient (Wildman–Crippen LogP) is 2.54. The highest BCUT2D eigenvalue weighted by atomic mass is 35.5. The van der Waals surface area contributed by atoms with Crippen molar-refractivity contribution in [1.82, 2.24) is 4.90 Å². The van der Waals surface area contributed by atoms with Gasteiger partial charge in [-0.3, -0.25) is 4.79 Å². The molecule has 1 saturated heterocycles. The van der Waals surface area contributed by atoms with Crippen molar-refractivity contribution in [2.45, 2.75) is 37.1 Å². The summed E-state index contributed by atoms with van der Waals surface area (Å²) in [7, 11) is 0. The third-order valence-electron chi connectivity index (χ3n) is 4.26. The lowest BCUT2D eigenvalue weighted by Gasteiger charge is -2.34. The smallest absolute Gasteiger partial charge is 0.242 e. The first-order chi connectivity index (χ1) is 9.08. The molecule has 0 bridgehead atoms. The van der Waals surface area contributed by atoms with Crippen molar-refractivity contribution in [3.8, 4) is 0 Å². The Morgan fingerprint density at radius 2 is 2.00 bits per heavy atom. The zero-order valence-corrected chi connectivity index (χ0v) is 11.7. The molecule has 2 aliphatic rings. The molecule has 1 aromatic rings. The van der Waals surface area contributed by atoms with Gasteiger partial charge in [-0.25, -0.2) is 0 Å². The molecule has 0 spiro atoms. The number of carbonyl (C=O) groups excluding carboxylic acids is 1. The van der Waals surface area contributed by atoms with Crippen molar-refractivity contribution in [3.63, 3.8) is 0 Å². The number of carbonyl (C=O) groups is 1. The minimum atomic E-state index is -0.540. The van der Waals surface area contributed by atoms with Crippen LogP contribution in [0.25, 0.3) is 0 Å². The molecule has 19 heavy (non-hydrogen) atoms. The second-order valence-corrected chi connectivity index (χ2v) is 6.23. The van der Waals surface area contributed by atoms with Gasteiger partial charge in [0.2, 0.25) is 5.91 Å². The minimum Gasteiger partial charge on any atom is -0.340 e. The Morgan fingerprint density at radius 3 is 2.63 bits per heavy atom. The Kier molecular flexibility index (Phi) is 3.27. The summed E-state index contributed by atoms with van der Waals surface area (Å²) in [5.74, 6) is 0.559. The van der Waals surface area contributed by atoms with Crippen LogP contribution in [-0.2, 0) is 4.79 Å². The zero-order valence-electron chi connectivity index (χ0n) is 10.9. The van der Waals surface area contributed by atoms with E-state index in [1.54, 1.807) is 0 Å². The number of rotatable bonds is 2. The van der Waals surface area contributed by atoms with Gasteiger partial charge in [-0.1, -0.05) is 23.7 Å². The Morgan fingerprint density at radius 1 is 1.32 bits per heavy atom. The summed E-state index contributed by atoms with van der Waals surface area (Å²) < 4.78 is 0. The van der Waals surface area contributed by atoms with Gasteiger partial charge in [-0.05, 0) is 43.4 Å². The molecule has 2 fully saturated rings. The van der Waals surface area contributed by atoms with E-state index in [-0.39, 0.29) is 5.91 Å². The number of halogens is 1. The number of nitrogens with two attached hydrogens (primary N) is 1. The Bertz CT molecular complexity index is 481. The van der Waals surface area contributed by atoms with Crippen LogP contribution in [-0.4, -0.2) is 29.4 Å². The summed E-state index contributed by atoms with van der Waals surface area (Å²) in [6.45, 7) is 1.64. The molecule has 1 aliphatic heterocycles. The Balaban J connectivity index is 1.71. The molecule has 0 unspecified atom stereocenters. The number of hydrogen-bond acceptors (Lipinski definition) is 2. The van der Waals surface area contributed by atoms with E-state index >= 15 is 0 Å². The number of nitrogens with zero attached hydrogens (tertiary/aromatic N) is 1. The lowest BCUT2D eigenvalue weighted by Crippen LogP contribution is -2.49. The van der Waals surface area contributed by atoms with E-state index in [0.717, 1.165) is 43.8 Å². The fourth-order valence-electron chi connectivity index (χ4n) is 2.83. The van der Waals surface area contributed by atoms with Crippen LogP contribution >= 0.6 is 11.6 Å². The van der Waals surface area contributed by atoms with E-state index in [0.29, 0.717) is 5.92 Å². The molecule has 102 valence electrons. The molecule has 1 heterocycles. The molecule has 1 aromatic carbocycles. The maximum atomic E-state index is 12.3. The van der Waals surface area contributed by atoms with E-state index in [4.69, 9.17) is 17.3 Å². The predicted molar refractivity (Wildman–Crippen MR) is 76.2 cm³/mol. The van der Waals surface area contributed by atoms with Crippen LogP contribution in [0, 0.1) is 0 Å². The standard InChI is InChI=1S/C15H19ClN2O/c16-13-5-3-11(4-6-13)12-2-1-9-18(10-12)14(19)15(17)7-8-15/h3-6,12H,1-2,7-10,17H2/t12-/m0/s1. The van der Waals surface area contributed by atoms with Crippen LogP contribution in [0.1, 0.15) is 37.2 Å². The molecular weight excluding hydrogens is 260 g/mol. The summed E-state index contributed by atoms with van der Waals surface area (Å²) in [6, 6.07) is 7.97. The lowest BCUT2D eigenvalue weighted by molar-refractivity contribution is -0.134. The highest BCUT2D eigenvalue weighted by molar-refractivity contribution is 6.30. The average molecular weight is 279 g/mol. The molecule has 0 radical (unpaired) electrons. The molecular formula is C15H19ClN2O. The van der Waals surface area contributed by atoms with Gasteiger partial charge in [-0.2, -0.15) is 0 Å². The van der Waals surface area contributed by atoms with Crippen LogP contribution < -0.4 is 5.73 Å². The summed E-state index contributed by atoms with van der Waals surface area (Å²) in [4.78, 5) is 14.2. The van der Waals surface area contributed by atoms with Gasteiger partial charge in [-0.15, -0.1) is 0 Å². The van der Waals surface area contributed by atoms with Crippen LogP contribution in [0.15, 0.2) is 24.3 Å². The number of piperidine rings is 1. The average Bonchev–Trinajstić information content (AvgIpc) is 3.18. The van der Waals surface area contributed by atoms with Crippen molar-refractivity contribution in [1.29, 1.82) is 0 Å². The number of amides is 1. The van der Waals surface area contributed by atoms with Gasteiger partial charge in [0.15, 0.2) is 0 Å². The van der Waals surface area contributed by atoms with Crippen molar-refractivity contribution in [3.05, 3.63) is 34.9 Å². The second-order valence-electron chi connectivity index (χ2n) is 5.80. The van der Waals surface area contributed by atoms with Gasteiger partial charge in [0.25, 0.3) is 0 Å². The Hall–Kier alpha value is -1.06. The van der Waals surface area contributed by atoms with Crippen LogP contribution in [0.4, 0.5) is 0 Å². The first kappa shape index (κ1) is 12.9. The molecule has 4 heteroatoms. The third kappa shape index (κ3) is 2.63. The van der Waals surface area contributed by atoms with Gasteiger partial charge < -0.3 is 10.6 Å². The fraction of sp³-hybridized carbons (Fsp3) is 0.533. The minimum absolute atomic E-state index is 0.145. The topological polar surface area (TPSA) is 46.3 Å². The normalized spacial score (nSPS) is 25.2. The van der Waals surface area contributed by atoms with E-state index in [9.17, 15) is 4.79 Å². The van der Waals surface area contributed by atoms with Crippen molar-refractivity contribution < 1.29 is 4.79 Å². The fourth-order valence-corrected chi connectivity index (χ4v) is 2.96. The van der Waals surface area contributed by atoms with Crippen molar-refractivity contribution in [2.24, 2.45) is 5.73 Å². The first-order valence-corrected chi connectivity index (χ1v) is 7.30. The van der Waals surface area contributed by atoms with E-state index in [1.165, 1.54) is 5.56 Å². The highest BCUT2D eigenvalue weighted by Gasteiger charge is 2.48. The molecule has 3 rings (SSSR count). The number of benzene rings is 1. The van der Waals surface area contributed by atoms with Gasteiger partial charge >= 0.3 is 0 Å². The van der Waals surface area contributed by atoms with Gasteiger partial charge in [0, 0.05) is 24.0 Å². The molecule has 1 amide bonds. The molecule has 1 aliphatic carbocycles. The van der Waals surface area contributed by atoms with Crippen LogP contribution in [0.3, 0.4) is 0 Å². The summed E-state index contributed by atoms with van der Waals surface area (Å²) in [6.07, 6.45) is 3.86. The molecule has 0 aromatic heterocycles. The highest BCUT2D eigenvalue weighted by Crippen LogP contribution is 2.36. The first-order valence-electron chi connectivity index (χ1n) is 6.92. The van der Waals surface area contributed by atoms with Crippen LogP contribution in [0.5, 0.6) is 0 Å². The SMILES string of the molecule is NC1(C(=O)N2CCC[C@H](c3ccc(Cl)cc3)C2)CC1. The Labute approximate surface area is 118 Å². The summed E-state index contributed by atoms with van der Waals surface area (Å²) in [5, 5.41) is 0.756. The number of hydrogen-bond donors (Lipinski definition) is 1. The second kappa shape index (κ2) is 4.80. The molecule has 3 nitrogen and oxygen atoms in total. The van der Waals surface area contributed by atoms with Crippen molar-refractivity contribution in [2.75, 3.05) is 13.1 Å². The monoisotopic (exact) mass is 278 g/mol. The molecule has 1 atom stereocenters. The quantitative estimate of drug-likeness (QED) is 0.904. The zero-order chi connectivity index (χ0) is 13.5. The molecule has 1 saturated carbocycles.